The average Bonchev–Trinajstić information content (AvgIpc) is 3.00. The number of benzene rings is 1. The van der Waals surface area contributed by atoms with E-state index in [1.807, 2.05) is 22.9 Å². The molecular formula is C17H12N4O. The molecule has 1 amide bonds. The summed E-state index contributed by atoms with van der Waals surface area (Å²) < 4.78 is 1.85. The number of nitrogens with two attached hydrogens (primary N) is 1. The van der Waals surface area contributed by atoms with Crippen molar-refractivity contribution >= 4 is 5.91 Å². The van der Waals surface area contributed by atoms with E-state index < -0.39 is 5.91 Å². The molecule has 1 aromatic carbocycles. The smallest absolute Gasteiger partial charge is 0.248 e. The minimum atomic E-state index is -0.464. The average molecular weight is 288 g/mol. The monoisotopic (exact) mass is 288 g/mol. The third kappa shape index (κ3) is 2.45. The second-order valence-corrected chi connectivity index (χ2v) is 4.75. The first-order valence-electron chi connectivity index (χ1n) is 6.62. The van der Waals surface area contributed by atoms with Crippen molar-refractivity contribution < 1.29 is 4.79 Å². The van der Waals surface area contributed by atoms with Crippen LogP contribution in [0.5, 0.6) is 0 Å². The summed E-state index contributed by atoms with van der Waals surface area (Å²) in [6, 6.07) is 12.8. The van der Waals surface area contributed by atoms with Crippen LogP contribution in [0, 0.1) is 11.3 Å². The van der Waals surface area contributed by atoms with Crippen molar-refractivity contribution in [1.82, 2.24) is 9.55 Å². The highest BCUT2D eigenvalue weighted by molar-refractivity contribution is 5.92. The lowest BCUT2D eigenvalue weighted by Gasteiger charge is -2.03. The lowest BCUT2D eigenvalue weighted by atomic mass is 10.1. The van der Waals surface area contributed by atoms with Crippen molar-refractivity contribution in [2.75, 3.05) is 0 Å². The van der Waals surface area contributed by atoms with E-state index in [1.165, 1.54) is 0 Å². The SMILES string of the molecule is N#Cc1cn(-c2ccc(C(N)=O)cc2)cc1-c1ccncc1. The van der Waals surface area contributed by atoms with Gasteiger partial charge in [0.05, 0.1) is 5.56 Å². The summed E-state index contributed by atoms with van der Waals surface area (Å²) in [7, 11) is 0. The first-order chi connectivity index (χ1) is 10.7. The second-order valence-electron chi connectivity index (χ2n) is 4.75. The van der Waals surface area contributed by atoms with Crippen molar-refractivity contribution in [2.45, 2.75) is 0 Å². The van der Waals surface area contributed by atoms with Crippen LogP contribution < -0.4 is 5.73 Å². The van der Waals surface area contributed by atoms with E-state index in [2.05, 4.69) is 11.1 Å². The summed E-state index contributed by atoms with van der Waals surface area (Å²) in [5.74, 6) is -0.464. The zero-order chi connectivity index (χ0) is 15.5. The highest BCUT2D eigenvalue weighted by Crippen LogP contribution is 2.25. The summed E-state index contributed by atoms with van der Waals surface area (Å²) >= 11 is 0. The molecule has 0 saturated heterocycles. The Morgan fingerprint density at radius 3 is 2.36 bits per heavy atom. The van der Waals surface area contributed by atoms with Gasteiger partial charge in [0, 0.05) is 41.6 Å². The van der Waals surface area contributed by atoms with Crippen molar-refractivity contribution in [2.24, 2.45) is 5.73 Å². The van der Waals surface area contributed by atoms with Crippen LogP contribution in [0.2, 0.25) is 0 Å². The summed E-state index contributed by atoms with van der Waals surface area (Å²) in [5, 5.41) is 9.32. The van der Waals surface area contributed by atoms with E-state index in [0.29, 0.717) is 11.1 Å². The molecule has 3 aromatic rings. The minimum absolute atomic E-state index is 0.450. The quantitative estimate of drug-likeness (QED) is 0.803. The molecule has 2 aromatic heterocycles. The van der Waals surface area contributed by atoms with E-state index in [4.69, 9.17) is 5.73 Å². The third-order valence-corrected chi connectivity index (χ3v) is 3.39. The molecular weight excluding hydrogens is 276 g/mol. The van der Waals surface area contributed by atoms with Crippen LogP contribution >= 0.6 is 0 Å². The molecule has 0 spiro atoms. The highest BCUT2D eigenvalue weighted by atomic mass is 16.1. The van der Waals surface area contributed by atoms with Gasteiger partial charge in [0.2, 0.25) is 5.91 Å². The van der Waals surface area contributed by atoms with Crippen LogP contribution in [-0.2, 0) is 0 Å². The van der Waals surface area contributed by atoms with Gasteiger partial charge in [-0.1, -0.05) is 0 Å². The number of nitriles is 1. The molecule has 0 fully saturated rings. The molecule has 0 aliphatic rings. The molecule has 3 rings (SSSR count). The van der Waals surface area contributed by atoms with Gasteiger partial charge in [-0.05, 0) is 42.0 Å². The van der Waals surface area contributed by atoms with E-state index in [9.17, 15) is 10.1 Å². The van der Waals surface area contributed by atoms with Gasteiger partial charge in [-0.15, -0.1) is 0 Å². The van der Waals surface area contributed by atoms with E-state index in [-0.39, 0.29) is 0 Å². The number of nitrogens with zero attached hydrogens (tertiary/aromatic N) is 3. The van der Waals surface area contributed by atoms with Gasteiger partial charge in [0.1, 0.15) is 6.07 Å². The molecule has 5 nitrogen and oxygen atoms in total. The molecule has 0 saturated carbocycles. The Morgan fingerprint density at radius 2 is 1.77 bits per heavy atom. The molecule has 0 aliphatic carbocycles. The maximum Gasteiger partial charge on any atom is 0.248 e. The van der Waals surface area contributed by atoms with Gasteiger partial charge in [-0.25, -0.2) is 0 Å². The Labute approximate surface area is 127 Å². The van der Waals surface area contributed by atoms with Crippen LogP contribution in [-0.4, -0.2) is 15.5 Å². The summed E-state index contributed by atoms with van der Waals surface area (Å²) in [6.07, 6.45) is 7.02. The first-order valence-corrected chi connectivity index (χ1v) is 6.62. The van der Waals surface area contributed by atoms with Crippen LogP contribution in [0.3, 0.4) is 0 Å². The Kier molecular flexibility index (Phi) is 3.42. The number of carbonyl (C=O) groups is 1. The lowest BCUT2D eigenvalue weighted by molar-refractivity contribution is 0.100. The van der Waals surface area contributed by atoms with Crippen LogP contribution in [0.1, 0.15) is 15.9 Å². The number of pyridine rings is 1. The van der Waals surface area contributed by atoms with Gasteiger partial charge in [-0.3, -0.25) is 9.78 Å². The molecule has 2 heterocycles. The van der Waals surface area contributed by atoms with Crippen LogP contribution in [0.25, 0.3) is 16.8 Å². The molecule has 106 valence electrons. The number of carbonyl (C=O) groups excluding carboxylic acids is 1. The highest BCUT2D eigenvalue weighted by Gasteiger charge is 2.10. The van der Waals surface area contributed by atoms with E-state index in [1.54, 1.807) is 42.9 Å². The minimum Gasteiger partial charge on any atom is -0.366 e. The van der Waals surface area contributed by atoms with Gasteiger partial charge >= 0.3 is 0 Å². The number of hydrogen-bond acceptors (Lipinski definition) is 3. The molecule has 0 atom stereocenters. The van der Waals surface area contributed by atoms with E-state index >= 15 is 0 Å². The maximum absolute atomic E-state index is 11.1. The molecule has 2 N–H and O–H groups in total. The fourth-order valence-electron chi connectivity index (χ4n) is 2.25. The number of aromatic nitrogens is 2. The Balaban J connectivity index is 2.04. The predicted molar refractivity (Wildman–Crippen MR) is 82.2 cm³/mol. The van der Waals surface area contributed by atoms with Crippen LogP contribution in [0.15, 0.2) is 61.2 Å². The lowest BCUT2D eigenvalue weighted by Crippen LogP contribution is -2.10. The van der Waals surface area contributed by atoms with Gasteiger partial charge < -0.3 is 10.3 Å². The number of rotatable bonds is 3. The van der Waals surface area contributed by atoms with Crippen molar-refractivity contribution in [1.29, 1.82) is 5.26 Å². The second kappa shape index (κ2) is 5.54. The largest absolute Gasteiger partial charge is 0.366 e. The molecule has 0 aliphatic heterocycles. The third-order valence-electron chi connectivity index (χ3n) is 3.39. The molecule has 0 unspecified atom stereocenters. The van der Waals surface area contributed by atoms with Crippen molar-refractivity contribution in [3.8, 4) is 22.9 Å². The summed E-state index contributed by atoms with van der Waals surface area (Å²) in [5.41, 5.74) is 8.87. The first kappa shape index (κ1) is 13.6. The van der Waals surface area contributed by atoms with Crippen molar-refractivity contribution in [3.05, 3.63) is 72.3 Å². The Hall–Kier alpha value is -3.39. The van der Waals surface area contributed by atoms with Crippen LogP contribution in [0.4, 0.5) is 0 Å². The standard InChI is InChI=1S/C17H12N4O/c18-9-14-10-21(11-16(14)12-5-7-20-8-6-12)15-3-1-13(2-4-15)17(19)22/h1-8,10-11H,(H2,19,22). The number of amides is 1. The van der Waals surface area contributed by atoms with Gasteiger partial charge in [0.15, 0.2) is 0 Å². The predicted octanol–water partition coefficient (Wildman–Crippen LogP) is 2.51. The Morgan fingerprint density at radius 1 is 1.09 bits per heavy atom. The Bertz CT molecular complexity index is 858. The van der Waals surface area contributed by atoms with E-state index in [0.717, 1.165) is 16.8 Å². The zero-order valence-electron chi connectivity index (χ0n) is 11.6. The molecule has 5 heteroatoms. The molecule has 22 heavy (non-hydrogen) atoms. The maximum atomic E-state index is 11.1. The normalized spacial score (nSPS) is 10.1. The summed E-state index contributed by atoms with van der Waals surface area (Å²) in [6.45, 7) is 0. The number of hydrogen-bond donors (Lipinski definition) is 1. The summed E-state index contributed by atoms with van der Waals surface area (Å²) in [4.78, 5) is 15.1. The zero-order valence-corrected chi connectivity index (χ0v) is 11.6. The topological polar surface area (TPSA) is 84.7 Å². The fraction of sp³-hybridized carbons (Fsp3) is 0. The molecule has 0 bridgehead atoms. The van der Waals surface area contributed by atoms with Crippen molar-refractivity contribution in [3.63, 3.8) is 0 Å². The number of primary amides is 1. The fourth-order valence-corrected chi connectivity index (χ4v) is 2.25. The van der Waals surface area contributed by atoms with Gasteiger partial charge in [0.25, 0.3) is 0 Å². The molecule has 0 radical (unpaired) electrons. The van der Waals surface area contributed by atoms with Gasteiger partial charge in [-0.2, -0.15) is 5.26 Å².